The molecule has 2 aromatic carbocycles. The molecule has 7 heteroatoms. The average Bonchev–Trinajstić information content (AvgIpc) is 2.56. The molecule has 0 heterocycles. The van der Waals surface area contributed by atoms with Crippen LogP contribution in [0.2, 0.25) is 0 Å². The number of amides is 1. The summed E-state index contributed by atoms with van der Waals surface area (Å²) in [5.74, 6) is -0.422. The molecule has 0 aliphatic heterocycles. The first-order valence-corrected chi connectivity index (χ1v) is 7.88. The van der Waals surface area contributed by atoms with Crippen molar-refractivity contribution in [2.45, 2.75) is 13.8 Å². The molecule has 2 aromatic rings. The predicted octanol–water partition coefficient (Wildman–Crippen LogP) is 3.74. The van der Waals surface area contributed by atoms with Gasteiger partial charge in [0.1, 0.15) is 0 Å². The number of nitrogens with zero attached hydrogens (tertiary/aromatic N) is 1. The number of benzene rings is 2. The number of non-ortho nitro benzene ring substituents is 1. The standard InChI is InChI=1S/C18H17N3O3S/c1-12-6-8-16(13(2)10-12)19-18(25)20-17(22)9-7-14-4-3-5-15(11-14)21(23)24/h3-11H,1-2H3,(H2,19,20,22,25)/b9-7+. The van der Waals surface area contributed by atoms with Gasteiger partial charge in [-0.25, -0.2) is 0 Å². The second kappa shape index (κ2) is 8.16. The zero-order chi connectivity index (χ0) is 18.4. The molecule has 0 saturated carbocycles. The molecule has 0 atom stereocenters. The van der Waals surface area contributed by atoms with Crippen molar-refractivity contribution >= 4 is 40.7 Å². The molecule has 0 unspecified atom stereocenters. The monoisotopic (exact) mass is 355 g/mol. The van der Waals surface area contributed by atoms with Gasteiger partial charge in [0.25, 0.3) is 5.69 Å². The molecule has 0 aliphatic carbocycles. The van der Waals surface area contributed by atoms with Crippen LogP contribution in [0.15, 0.2) is 48.5 Å². The summed E-state index contributed by atoms with van der Waals surface area (Å²) < 4.78 is 0. The van der Waals surface area contributed by atoms with Crippen molar-refractivity contribution in [1.82, 2.24) is 5.32 Å². The normalized spacial score (nSPS) is 10.5. The van der Waals surface area contributed by atoms with Gasteiger partial charge in [-0.05, 0) is 49.3 Å². The molecule has 128 valence electrons. The Morgan fingerprint density at radius 2 is 1.96 bits per heavy atom. The minimum absolute atomic E-state index is 0.0328. The Morgan fingerprint density at radius 3 is 2.64 bits per heavy atom. The highest BCUT2D eigenvalue weighted by Gasteiger charge is 2.06. The van der Waals surface area contributed by atoms with Gasteiger partial charge in [0, 0.05) is 23.9 Å². The molecular formula is C18H17N3O3S. The zero-order valence-electron chi connectivity index (χ0n) is 13.8. The van der Waals surface area contributed by atoms with Gasteiger partial charge in [0.05, 0.1) is 4.92 Å². The molecule has 0 spiro atoms. The van der Waals surface area contributed by atoms with E-state index in [0.29, 0.717) is 5.56 Å². The van der Waals surface area contributed by atoms with Crippen molar-refractivity contribution in [3.8, 4) is 0 Å². The fourth-order valence-corrected chi connectivity index (χ4v) is 2.39. The summed E-state index contributed by atoms with van der Waals surface area (Å²) >= 11 is 5.12. The lowest BCUT2D eigenvalue weighted by Crippen LogP contribution is -2.33. The average molecular weight is 355 g/mol. The first kappa shape index (κ1) is 18.3. The van der Waals surface area contributed by atoms with E-state index in [2.05, 4.69) is 10.6 Å². The van der Waals surface area contributed by atoms with E-state index in [1.807, 2.05) is 32.0 Å². The van der Waals surface area contributed by atoms with Crippen molar-refractivity contribution in [2.24, 2.45) is 0 Å². The van der Waals surface area contributed by atoms with E-state index in [4.69, 9.17) is 12.2 Å². The quantitative estimate of drug-likeness (QED) is 0.378. The summed E-state index contributed by atoms with van der Waals surface area (Å²) in [6.07, 6.45) is 2.76. The number of aryl methyl sites for hydroxylation is 2. The van der Waals surface area contributed by atoms with Gasteiger partial charge in [0.2, 0.25) is 5.91 Å². The molecule has 0 fully saturated rings. The number of nitrogens with one attached hydrogen (secondary N) is 2. The number of nitro groups is 1. The van der Waals surface area contributed by atoms with E-state index in [1.54, 1.807) is 12.1 Å². The molecule has 1 amide bonds. The minimum Gasteiger partial charge on any atom is -0.332 e. The first-order chi connectivity index (χ1) is 11.8. The summed E-state index contributed by atoms with van der Waals surface area (Å²) in [6, 6.07) is 11.8. The maximum atomic E-state index is 11.9. The number of carbonyl (C=O) groups is 1. The molecule has 2 N–H and O–H groups in total. The Kier molecular flexibility index (Phi) is 5.97. The fraction of sp³-hybridized carbons (Fsp3) is 0.111. The van der Waals surface area contributed by atoms with E-state index in [0.717, 1.165) is 16.8 Å². The van der Waals surface area contributed by atoms with E-state index >= 15 is 0 Å². The van der Waals surface area contributed by atoms with Crippen molar-refractivity contribution in [2.75, 3.05) is 5.32 Å². The van der Waals surface area contributed by atoms with Crippen LogP contribution in [0.4, 0.5) is 11.4 Å². The Morgan fingerprint density at radius 1 is 1.20 bits per heavy atom. The highest BCUT2D eigenvalue weighted by molar-refractivity contribution is 7.80. The lowest BCUT2D eigenvalue weighted by atomic mass is 10.1. The smallest absolute Gasteiger partial charge is 0.270 e. The molecule has 0 aliphatic rings. The number of nitro benzene ring substituents is 1. The van der Waals surface area contributed by atoms with Crippen molar-refractivity contribution in [3.63, 3.8) is 0 Å². The van der Waals surface area contributed by atoms with Crippen LogP contribution in [0.1, 0.15) is 16.7 Å². The van der Waals surface area contributed by atoms with Gasteiger partial charge >= 0.3 is 0 Å². The largest absolute Gasteiger partial charge is 0.332 e. The van der Waals surface area contributed by atoms with Gasteiger partial charge in [-0.1, -0.05) is 29.8 Å². The topological polar surface area (TPSA) is 84.3 Å². The summed E-state index contributed by atoms with van der Waals surface area (Å²) in [5.41, 5.74) is 3.49. The van der Waals surface area contributed by atoms with Gasteiger partial charge in [-0.3, -0.25) is 20.2 Å². The Balaban J connectivity index is 1.96. The van der Waals surface area contributed by atoms with Crippen LogP contribution < -0.4 is 10.6 Å². The number of hydrogen-bond acceptors (Lipinski definition) is 4. The second-order valence-corrected chi connectivity index (χ2v) is 5.86. The maximum absolute atomic E-state index is 11.9. The number of hydrogen-bond donors (Lipinski definition) is 2. The van der Waals surface area contributed by atoms with Gasteiger partial charge in [0.15, 0.2) is 5.11 Å². The Labute approximate surface area is 150 Å². The molecule has 0 saturated heterocycles. The molecule has 0 radical (unpaired) electrons. The molecule has 0 aromatic heterocycles. The van der Waals surface area contributed by atoms with Crippen LogP contribution in [-0.2, 0) is 4.79 Å². The molecule has 2 rings (SSSR count). The lowest BCUT2D eigenvalue weighted by molar-refractivity contribution is -0.384. The van der Waals surface area contributed by atoms with Crippen LogP contribution in [0.5, 0.6) is 0 Å². The van der Waals surface area contributed by atoms with Crippen LogP contribution in [0, 0.1) is 24.0 Å². The predicted molar refractivity (Wildman–Crippen MR) is 102 cm³/mol. The van der Waals surface area contributed by atoms with Gasteiger partial charge in [-0.15, -0.1) is 0 Å². The number of anilines is 1. The lowest BCUT2D eigenvalue weighted by Gasteiger charge is -2.11. The van der Waals surface area contributed by atoms with Crippen LogP contribution in [0.25, 0.3) is 6.08 Å². The minimum atomic E-state index is -0.486. The van der Waals surface area contributed by atoms with Crippen molar-refractivity contribution in [3.05, 3.63) is 75.3 Å². The summed E-state index contributed by atoms with van der Waals surface area (Å²) in [4.78, 5) is 22.2. The molecule has 25 heavy (non-hydrogen) atoms. The third kappa shape index (κ3) is 5.50. The van der Waals surface area contributed by atoms with Crippen molar-refractivity contribution < 1.29 is 9.72 Å². The van der Waals surface area contributed by atoms with Crippen LogP contribution in [0.3, 0.4) is 0 Å². The summed E-state index contributed by atoms with van der Waals surface area (Å²) in [5, 5.41) is 16.4. The fourth-order valence-electron chi connectivity index (χ4n) is 2.17. The van der Waals surface area contributed by atoms with Crippen molar-refractivity contribution in [1.29, 1.82) is 0 Å². The SMILES string of the molecule is Cc1ccc(NC(=S)NC(=O)/C=C/c2cccc([N+](=O)[O-])c2)c(C)c1. The van der Waals surface area contributed by atoms with Gasteiger partial charge in [-0.2, -0.15) is 0 Å². The second-order valence-electron chi connectivity index (χ2n) is 5.45. The summed E-state index contributed by atoms with van der Waals surface area (Å²) in [6.45, 7) is 3.94. The number of carbonyl (C=O) groups excluding carboxylic acids is 1. The Hall–Kier alpha value is -3.06. The van der Waals surface area contributed by atoms with Gasteiger partial charge < -0.3 is 5.32 Å². The highest BCUT2D eigenvalue weighted by Crippen LogP contribution is 2.16. The van der Waals surface area contributed by atoms with Crippen LogP contribution >= 0.6 is 12.2 Å². The maximum Gasteiger partial charge on any atom is 0.270 e. The molecular weight excluding hydrogens is 338 g/mol. The number of thiocarbonyl (C=S) groups is 1. The molecule has 0 bridgehead atoms. The van der Waals surface area contributed by atoms with E-state index in [1.165, 1.54) is 24.3 Å². The number of rotatable bonds is 4. The van der Waals surface area contributed by atoms with E-state index in [9.17, 15) is 14.9 Å². The van der Waals surface area contributed by atoms with E-state index in [-0.39, 0.29) is 10.8 Å². The van der Waals surface area contributed by atoms with Crippen LogP contribution in [-0.4, -0.2) is 15.9 Å². The third-order valence-corrected chi connectivity index (χ3v) is 3.58. The Bertz CT molecular complexity index is 862. The highest BCUT2D eigenvalue weighted by atomic mass is 32.1. The zero-order valence-corrected chi connectivity index (χ0v) is 14.6. The third-order valence-electron chi connectivity index (χ3n) is 3.38. The first-order valence-electron chi connectivity index (χ1n) is 7.47. The van der Waals surface area contributed by atoms with E-state index < -0.39 is 10.8 Å². The molecule has 6 nitrogen and oxygen atoms in total. The summed E-state index contributed by atoms with van der Waals surface area (Å²) in [7, 11) is 0.